The minimum atomic E-state index is -2.51. The van der Waals surface area contributed by atoms with Crippen LogP contribution < -0.4 is 15.1 Å². The number of ether oxygens (including phenoxy) is 2. The SMILES string of the molecule is COc1ccc(Cn2cc3c(n2)N(O[Si](C(C)C)(C(C)C)C(C)C)C(=O)[C@@H](NC(=O)OC(C)(C)C)C3)cc1. The molecule has 1 N–H and O–H groups in total. The first-order valence-corrected chi connectivity index (χ1v) is 15.5. The molecule has 0 bridgehead atoms. The smallest absolute Gasteiger partial charge is 0.408 e. The highest BCUT2D eigenvalue weighted by molar-refractivity contribution is 6.77. The number of nitrogens with zero attached hydrogens (tertiary/aromatic N) is 3. The van der Waals surface area contributed by atoms with Gasteiger partial charge >= 0.3 is 6.09 Å². The highest BCUT2D eigenvalue weighted by Crippen LogP contribution is 2.44. The summed E-state index contributed by atoms with van der Waals surface area (Å²) in [6.07, 6.45) is 1.59. The molecule has 2 amide bonds. The van der Waals surface area contributed by atoms with Gasteiger partial charge in [-0.1, -0.05) is 53.7 Å². The van der Waals surface area contributed by atoms with Crippen molar-refractivity contribution < 1.29 is 23.6 Å². The summed E-state index contributed by atoms with van der Waals surface area (Å²) in [4.78, 5) is 26.5. The fraction of sp³-hybridized carbons (Fsp3) is 0.607. The van der Waals surface area contributed by atoms with Gasteiger partial charge in [0, 0.05) is 18.2 Å². The Balaban J connectivity index is 2.00. The zero-order chi connectivity index (χ0) is 28.4. The van der Waals surface area contributed by atoms with Crippen molar-refractivity contribution in [1.82, 2.24) is 15.1 Å². The lowest BCUT2D eigenvalue weighted by Crippen LogP contribution is -2.59. The van der Waals surface area contributed by atoms with E-state index in [4.69, 9.17) is 19.1 Å². The number of carbonyl (C=O) groups excluding carboxylic acids is 2. The minimum absolute atomic E-state index is 0.249. The molecule has 0 saturated carbocycles. The van der Waals surface area contributed by atoms with Crippen molar-refractivity contribution in [2.24, 2.45) is 0 Å². The van der Waals surface area contributed by atoms with Gasteiger partial charge in [0.15, 0.2) is 5.82 Å². The van der Waals surface area contributed by atoms with Gasteiger partial charge in [0.2, 0.25) is 8.32 Å². The van der Waals surface area contributed by atoms with Crippen molar-refractivity contribution in [2.45, 2.75) is 104 Å². The number of methoxy groups -OCH3 is 1. The standard InChI is InChI=1S/C28H44N4O5Si/c1-18(2)38(19(3)4,20(5)6)37-32-25-22(15-24(26(32)33)29-27(34)36-28(7,8)9)17-31(30-25)16-21-11-13-23(35-10)14-12-21/h11-14,17-20,24H,15-16H2,1-10H3,(H,29,34)/t24-/m0/s1. The number of rotatable bonds is 9. The zero-order valence-electron chi connectivity index (χ0n) is 24.5. The summed E-state index contributed by atoms with van der Waals surface area (Å²) < 4.78 is 19.4. The number of amides is 2. The number of hydrogen-bond acceptors (Lipinski definition) is 6. The lowest BCUT2D eigenvalue weighted by atomic mass is 10.0. The van der Waals surface area contributed by atoms with Crippen molar-refractivity contribution in [3.8, 4) is 5.75 Å². The van der Waals surface area contributed by atoms with Crippen LogP contribution in [0, 0.1) is 0 Å². The van der Waals surface area contributed by atoms with Crippen molar-refractivity contribution in [2.75, 3.05) is 12.2 Å². The number of hydrogen-bond donors (Lipinski definition) is 1. The maximum absolute atomic E-state index is 13.9. The van der Waals surface area contributed by atoms with E-state index in [1.54, 1.807) is 27.9 Å². The summed E-state index contributed by atoms with van der Waals surface area (Å²) in [7, 11) is -0.873. The molecule has 9 nitrogen and oxygen atoms in total. The Morgan fingerprint density at radius 2 is 1.66 bits per heavy atom. The van der Waals surface area contributed by atoms with E-state index in [1.165, 1.54) is 5.06 Å². The largest absolute Gasteiger partial charge is 0.497 e. The number of nitrogens with one attached hydrogen (secondary N) is 1. The molecule has 0 aliphatic carbocycles. The number of carbonyl (C=O) groups is 2. The third-order valence-electron chi connectivity index (χ3n) is 7.08. The summed E-state index contributed by atoms with van der Waals surface area (Å²) in [6, 6.07) is 6.97. The summed E-state index contributed by atoms with van der Waals surface area (Å²) in [5.41, 5.74) is 1.95. The second-order valence-electron chi connectivity index (χ2n) is 12.0. The third-order valence-corrected chi connectivity index (χ3v) is 13.0. The lowest BCUT2D eigenvalue weighted by Gasteiger charge is -2.45. The highest BCUT2D eigenvalue weighted by Gasteiger charge is 2.51. The molecular weight excluding hydrogens is 500 g/mol. The van der Waals surface area contributed by atoms with Crippen LogP contribution in [0.15, 0.2) is 30.5 Å². The van der Waals surface area contributed by atoms with Crippen LogP contribution in [-0.2, 0) is 27.0 Å². The fourth-order valence-corrected chi connectivity index (χ4v) is 10.6. The molecule has 0 unspecified atom stereocenters. The first-order valence-electron chi connectivity index (χ1n) is 13.4. The van der Waals surface area contributed by atoms with Crippen LogP contribution in [0.25, 0.3) is 0 Å². The first-order chi connectivity index (χ1) is 17.7. The molecule has 2 aromatic rings. The predicted molar refractivity (Wildman–Crippen MR) is 151 cm³/mol. The molecule has 0 fully saturated rings. The normalized spacial score (nSPS) is 16.3. The maximum Gasteiger partial charge on any atom is 0.408 e. The van der Waals surface area contributed by atoms with Crippen LogP contribution in [0.3, 0.4) is 0 Å². The van der Waals surface area contributed by atoms with E-state index < -0.39 is 26.1 Å². The number of hydroxylamine groups is 1. The maximum atomic E-state index is 13.9. The number of alkyl carbamates (subject to hydrolysis) is 1. The van der Waals surface area contributed by atoms with Gasteiger partial charge < -0.3 is 19.3 Å². The van der Waals surface area contributed by atoms with E-state index in [1.807, 2.05) is 35.1 Å². The minimum Gasteiger partial charge on any atom is -0.497 e. The number of fused-ring (bicyclic) bond motifs is 1. The van der Waals surface area contributed by atoms with Crippen molar-refractivity contribution in [1.29, 1.82) is 0 Å². The Bertz CT molecular complexity index is 1100. The Morgan fingerprint density at radius 1 is 1.08 bits per heavy atom. The van der Waals surface area contributed by atoms with E-state index >= 15 is 0 Å². The summed E-state index contributed by atoms with van der Waals surface area (Å²) in [6.45, 7) is 18.9. The molecule has 1 aromatic heterocycles. The Kier molecular flexibility index (Phi) is 8.98. The molecule has 0 spiro atoms. The molecular formula is C28H44N4O5Si. The van der Waals surface area contributed by atoms with Gasteiger partial charge in [-0.3, -0.25) is 9.48 Å². The molecule has 1 aliphatic rings. The fourth-order valence-electron chi connectivity index (χ4n) is 5.44. The quantitative estimate of drug-likeness (QED) is 0.399. The third kappa shape index (κ3) is 6.40. The molecule has 0 saturated heterocycles. The van der Waals surface area contributed by atoms with Gasteiger partial charge in [0.05, 0.1) is 13.7 Å². The average molecular weight is 545 g/mol. The van der Waals surface area contributed by atoms with Crippen LogP contribution in [0.5, 0.6) is 5.75 Å². The molecule has 10 heteroatoms. The molecule has 1 aromatic carbocycles. The van der Waals surface area contributed by atoms with Crippen LogP contribution >= 0.6 is 0 Å². The lowest BCUT2D eigenvalue weighted by molar-refractivity contribution is -0.125. The van der Waals surface area contributed by atoms with Gasteiger partial charge in [-0.05, 0) is 55.1 Å². The molecule has 1 atom stereocenters. The van der Waals surface area contributed by atoms with Crippen LogP contribution in [0.4, 0.5) is 10.6 Å². The van der Waals surface area contributed by atoms with Gasteiger partial charge in [-0.25, -0.2) is 4.79 Å². The van der Waals surface area contributed by atoms with Crippen molar-refractivity contribution >= 4 is 26.1 Å². The molecule has 210 valence electrons. The monoisotopic (exact) mass is 544 g/mol. The number of benzene rings is 1. The van der Waals surface area contributed by atoms with Crippen molar-refractivity contribution in [3.05, 3.63) is 41.6 Å². The first kappa shape index (κ1) is 29.7. The molecule has 3 rings (SSSR count). The Hall–Kier alpha value is -2.85. The van der Waals surface area contributed by atoms with Gasteiger partial charge in [0.1, 0.15) is 17.4 Å². The Labute approximate surface area is 227 Å². The zero-order valence-corrected chi connectivity index (χ0v) is 25.5. The predicted octanol–water partition coefficient (Wildman–Crippen LogP) is 5.83. The topological polar surface area (TPSA) is 94.9 Å². The van der Waals surface area contributed by atoms with Crippen LogP contribution in [0.1, 0.15) is 73.4 Å². The van der Waals surface area contributed by atoms with Gasteiger partial charge in [-0.15, -0.1) is 0 Å². The summed E-state index contributed by atoms with van der Waals surface area (Å²) in [5.74, 6) is 0.938. The van der Waals surface area contributed by atoms with Crippen LogP contribution in [-0.4, -0.2) is 48.9 Å². The number of anilines is 1. The number of aromatic nitrogens is 2. The summed E-state index contributed by atoms with van der Waals surface area (Å²) in [5, 5.41) is 8.95. The van der Waals surface area contributed by atoms with E-state index in [2.05, 4.69) is 46.9 Å². The molecule has 38 heavy (non-hydrogen) atoms. The van der Waals surface area contributed by atoms with E-state index in [0.29, 0.717) is 18.8 Å². The molecule has 2 heterocycles. The van der Waals surface area contributed by atoms with Crippen LogP contribution in [0.2, 0.25) is 16.6 Å². The van der Waals surface area contributed by atoms with Crippen molar-refractivity contribution in [3.63, 3.8) is 0 Å². The highest BCUT2D eigenvalue weighted by atomic mass is 28.4. The van der Waals surface area contributed by atoms with Gasteiger partial charge in [0.25, 0.3) is 5.91 Å². The van der Waals surface area contributed by atoms with Gasteiger partial charge in [-0.2, -0.15) is 10.2 Å². The molecule has 1 aliphatic heterocycles. The van der Waals surface area contributed by atoms with E-state index in [0.717, 1.165) is 16.9 Å². The van der Waals surface area contributed by atoms with E-state index in [9.17, 15) is 9.59 Å². The average Bonchev–Trinajstić information content (AvgIpc) is 3.19. The molecule has 0 radical (unpaired) electrons. The second kappa shape index (κ2) is 11.5. The van der Waals surface area contributed by atoms with E-state index in [-0.39, 0.29) is 22.5 Å². The second-order valence-corrected chi connectivity index (χ2v) is 17.3. The summed E-state index contributed by atoms with van der Waals surface area (Å²) >= 11 is 0. The Morgan fingerprint density at radius 3 is 2.16 bits per heavy atom.